The number of rotatable bonds is 8. The Morgan fingerprint density at radius 1 is 1.09 bits per heavy atom. The van der Waals surface area contributed by atoms with Crippen LogP contribution < -0.4 is 4.90 Å². The lowest BCUT2D eigenvalue weighted by Gasteiger charge is -2.38. The Morgan fingerprint density at radius 3 is 2.22 bits per heavy atom. The first-order valence-corrected chi connectivity index (χ1v) is 11.8. The van der Waals surface area contributed by atoms with Crippen LogP contribution in [0.15, 0.2) is 24.3 Å². The summed E-state index contributed by atoms with van der Waals surface area (Å²) in [5.41, 5.74) is 2.93. The molecule has 1 amide bonds. The molecule has 0 unspecified atom stereocenters. The van der Waals surface area contributed by atoms with Gasteiger partial charge >= 0.3 is 0 Å². The lowest BCUT2D eigenvalue weighted by molar-refractivity contribution is -0.129. The molecule has 0 spiro atoms. The van der Waals surface area contributed by atoms with Crippen molar-refractivity contribution >= 4 is 11.7 Å². The largest absolute Gasteiger partial charge is 0.354 e. The van der Waals surface area contributed by atoms with E-state index in [0.29, 0.717) is 25.0 Å². The van der Waals surface area contributed by atoms with E-state index in [1.54, 1.807) is 19.1 Å². The van der Waals surface area contributed by atoms with Gasteiger partial charge in [0.25, 0.3) is 0 Å². The van der Waals surface area contributed by atoms with Crippen molar-refractivity contribution in [2.24, 2.45) is 5.92 Å². The second-order valence-electron chi connectivity index (χ2n) is 9.40. The molecule has 176 valence electrons. The van der Waals surface area contributed by atoms with Gasteiger partial charge in [-0.3, -0.25) is 9.69 Å². The lowest BCUT2D eigenvalue weighted by atomic mass is 10.1. The highest BCUT2D eigenvalue weighted by atomic mass is 19.1. The third-order valence-corrected chi connectivity index (χ3v) is 6.17. The SMILES string of the molecule is CCc1nn(-c2ccc(F)cc2)c(N2CCN(C(C)C)CC2)c1CN(CC(C)C)C(C)=O. The first-order chi connectivity index (χ1) is 15.2. The highest BCUT2D eigenvalue weighted by Gasteiger charge is 2.28. The van der Waals surface area contributed by atoms with E-state index >= 15 is 0 Å². The van der Waals surface area contributed by atoms with Gasteiger partial charge in [0, 0.05) is 51.3 Å². The number of halogens is 1. The normalized spacial score (nSPS) is 15.1. The molecule has 1 aromatic heterocycles. The Bertz CT molecular complexity index is 898. The average Bonchev–Trinajstić information content (AvgIpc) is 3.11. The number of hydrogen-bond acceptors (Lipinski definition) is 4. The monoisotopic (exact) mass is 443 g/mol. The molecule has 1 fully saturated rings. The minimum atomic E-state index is -0.261. The molecule has 0 N–H and O–H groups in total. The summed E-state index contributed by atoms with van der Waals surface area (Å²) in [5, 5.41) is 4.95. The third-order valence-electron chi connectivity index (χ3n) is 6.17. The molecular weight excluding hydrogens is 405 g/mol. The van der Waals surface area contributed by atoms with Gasteiger partial charge in [-0.2, -0.15) is 5.10 Å². The lowest BCUT2D eigenvalue weighted by Crippen LogP contribution is -2.49. The van der Waals surface area contributed by atoms with Crippen molar-refractivity contribution in [3.63, 3.8) is 0 Å². The van der Waals surface area contributed by atoms with E-state index in [1.165, 1.54) is 12.1 Å². The van der Waals surface area contributed by atoms with Crippen LogP contribution in [0.3, 0.4) is 0 Å². The van der Waals surface area contributed by atoms with Gasteiger partial charge < -0.3 is 9.80 Å². The number of aromatic nitrogens is 2. The highest BCUT2D eigenvalue weighted by Crippen LogP contribution is 2.31. The Labute approximate surface area is 192 Å². The van der Waals surface area contributed by atoms with E-state index in [-0.39, 0.29) is 11.7 Å². The van der Waals surface area contributed by atoms with Gasteiger partial charge in [-0.1, -0.05) is 20.8 Å². The van der Waals surface area contributed by atoms with Crippen molar-refractivity contribution in [2.75, 3.05) is 37.6 Å². The maximum Gasteiger partial charge on any atom is 0.219 e. The van der Waals surface area contributed by atoms with Crippen LogP contribution in [0.1, 0.15) is 52.8 Å². The fourth-order valence-corrected chi connectivity index (χ4v) is 4.40. The summed E-state index contributed by atoms with van der Waals surface area (Å²) in [6.07, 6.45) is 0.774. The summed E-state index contributed by atoms with van der Waals surface area (Å²) in [5.74, 6) is 1.23. The molecule has 1 aromatic carbocycles. The molecule has 32 heavy (non-hydrogen) atoms. The van der Waals surface area contributed by atoms with Crippen LogP contribution in [0.5, 0.6) is 0 Å². The molecule has 2 aromatic rings. The van der Waals surface area contributed by atoms with Crippen LogP contribution in [0, 0.1) is 11.7 Å². The van der Waals surface area contributed by atoms with E-state index in [9.17, 15) is 9.18 Å². The molecular formula is C25H38FN5O. The molecule has 1 saturated heterocycles. The number of hydrogen-bond donors (Lipinski definition) is 0. The zero-order valence-electron chi connectivity index (χ0n) is 20.4. The van der Waals surface area contributed by atoms with Crippen LogP contribution in [0.25, 0.3) is 5.69 Å². The van der Waals surface area contributed by atoms with Gasteiger partial charge in [-0.05, 0) is 50.5 Å². The average molecular weight is 444 g/mol. The maximum absolute atomic E-state index is 13.6. The Hall–Kier alpha value is -2.41. The summed E-state index contributed by atoms with van der Waals surface area (Å²) in [7, 11) is 0. The predicted molar refractivity (Wildman–Crippen MR) is 128 cm³/mol. The second-order valence-corrected chi connectivity index (χ2v) is 9.40. The van der Waals surface area contributed by atoms with Gasteiger partial charge in [-0.25, -0.2) is 9.07 Å². The maximum atomic E-state index is 13.6. The van der Waals surface area contributed by atoms with Crippen molar-refractivity contribution in [3.8, 4) is 5.69 Å². The molecule has 7 heteroatoms. The highest BCUT2D eigenvalue weighted by molar-refractivity contribution is 5.73. The fraction of sp³-hybridized carbons (Fsp3) is 0.600. The predicted octanol–water partition coefficient (Wildman–Crippen LogP) is 4.11. The minimum Gasteiger partial charge on any atom is -0.354 e. The van der Waals surface area contributed by atoms with Crippen molar-refractivity contribution < 1.29 is 9.18 Å². The number of piperazine rings is 1. The van der Waals surface area contributed by atoms with E-state index in [0.717, 1.165) is 55.4 Å². The Kier molecular flexibility index (Phi) is 7.93. The quantitative estimate of drug-likeness (QED) is 0.616. The van der Waals surface area contributed by atoms with Crippen molar-refractivity contribution in [2.45, 2.75) is 60.5 Å². The molecule has 6 nitrogen and oxygen atoms in total. The van der Waals surface area contributed by atoms with Gasteiger partial charge in [0.05, 0.1) is 17.9 Å². The summed E-state index contributed by atoms with van der Waals surface area (Å²) in [4.78, 5) is 19.2. The third kappa shape index (κ3) is 5.49. The van der Waals surface area contributed by atoms with Crippen molar-refractivity contribution in [3.05, 3.63) is 41.3 Å². The van der Waals surface area contributed by atoms with Crippen LogP contribution in [-0.4, -0.2) is 64.3 Å². The summed E-state index contributed by atoms with van der Waals surface area (Å²) in [6, 6.07) is 7.02. The molecule has 0 saturated carbocycles. The molecule has 1 aliphatic heterocycles. The number of benzene rings is 1. The van der Waals surface area contributed by atoms with Gasteiger partial charge in [-0.15, -0.1) is 0 Å². The number of carbonyl (C=O) groups excluding carboxylic acids is 1. The molecule has 1 aliphatic rings. The Balaban J connectivity index is 2.06. The van der Waals surface area contributed by atoms with Crippen LogP contribution >= 0.6 is 0 Å². The smallest absolute Gasteiger partial charge is 0.219 e. The number of amides is 1. The van der Waals surface area contributed by atoms with E-state index in [2.05, 4.69) is 44.4 Å². The van der Waals surface area contributed by atoms with Crippen LogP contribution in [-0.2, 0) is 17.8 Å². The zero-order valence-corrected chi connectivity index (χ0v) is 20.4. The van der Waals surface area contributed by atoms with E-state index in [4.69, 9.17) is 5.10 Å². The number of nitrogens with zero attached hydrogens (tertiary/aromatic N) is 5. The first-order valence-electron chi connectivity index (χ1n) is 11.8. The number of aryl methyl sites for hydroxylation is 1. The van der Waals surface area contributed by atoms with Gasteiger partial charge in [0.15, 0.2) is 0 Å². The molecule has 0 aliphatic carbocycles. The standard InChI is InChI=1S/C25H38FN5O/c1-7-24-23(17-30(20(6)32)16-18(2)3)25(29-14-12-28(13-15-29)19(4)5)31(27-24)22-10-8-21(26)9-11-22/h8-11,18-19H,7,12-17H2,1-6H3. The summed E-state index contributed by atoms with van der Waals surface area (Å²) >= 11 is 0. The number of carbonyl (C=O) groups is 1. The summed E-state index contributed by atoms with van der Waals surface area (Å²) in [6.45, 7) is 17.5. The van der Waals surface area contributed by atoms with Crippen molar-refractivity contribution in [1.82, 2.24) is 19.6 Å². The molecule has 2 heterocycles. The second kappa shape index (κ2) is 10.5. The number of anilines is 1. The molecule has 0 radical (unpaired) electrons. The summed E-state index contributed by atoms with van der Waals surface area (Å²) < 4.78 is 15.6. The van der Waals surface area contributed by atoms with E-state index in [1.807, 2.05) is 9.58 Å². The van der Waals surface area contributed by atoms with Gasteiger partial charge in [0.1, 0.15) is 11.6 Å². The molecule has 0 atom stereocenters. The van der Waals surface area contributed by atoms with Crippen molar-refractivity contribution in [1.29, 1.82) is 0 Å². The molecule has 0 bridgehead atoms. The van der Waals surface area contributed by atoms with E-state index < -0.39 is 0 Å². The molecule has 3 rings (SSSR count). The topological polar surface area (TPSA) is 44.6 Å². The van der Waals surface area contributed by atoms with Crippen LogP contribution in [0.2, 0.25) is 0 Å². The van der Waals surface area contributed by atoms with Crippen LogP contribution in [0.4, 0.5) is 10.2 Å². The first kappa shape index (κ1) is 24.2. The Morgan fingerprint density at radius 2 is 1.72 bits per heavy atom. The van der Waals surface area contributed by atoms with Gasteiger partial charge in [0.2, 0.25) is 5.91 Å². The zero-order chi connectivity index (χ0) is 23.4. The minimum absolute atomic E-state index is 0.0749. The fourth-order valence-electron chi connectivity index (χ4n) is 4.40.